The third-order valence-corrected chi connectivity index (χ3v) is 6.53. The van der Waals surface area contributed by atoms with E-state index >= 15 is 0 Å². The van der Waals surface area contributed by atoms with Crippen molar-refractivity contribution in [3.05, 3.63) is 101 Å². The molecule has 1 aliphatic carbocycles. The van der Waals surface area contributed by atoms with Gasteiger partial charge in [0.1, 0.15) is 18.1 Å². The van der Waals surface area contributed by atoms with Crippen LogP contribution >= 0.6 is 0 Å². The third-order valence-electron chi connectivity index (χ3n) is 6.53. The maximum Gasteiger partial charge on any atom is 0.230 e. The molecular formula is C26H23N3O3. The second-order valence-electron chi connectivity index (χ2n) is 8.52. The molecule has 1 saturated carbocycles. The van der Waals surface area contributed by atoms with Gasteiger partial charge in [-0.2, -0.15) is 4.98 Å². The fourth-order valence-electron chi connectivity index (χ4n) is 4.70. The van der Waals surface area contributed by atoms with Gasteiger partial charge in [-0.3, -0.25) is 4.98 Å². The van der Waals surface area contributed by atoms with Crippen molar-refractivity contribution >= 4 is 0 Å². The van der Waals surface area contributed by atoms with Crippen LogP contribution in [-0.2, 0) is 18.4 Å². The number of pyridine rings is 1. The van der Waals surface area contributed by atoms with Gasteiger partial charge in [0.25, 0.3) is 0 Å². The summed E-state index contributed by atoms with van der Waals surface area (Å²) >= 11 is 0. The molecule has 2 aromatic heterocycles. The highest BCUT2D eigenvalue weighted by Crippen LogP contribution is 2.65. The summed E-state index contributed by atoms with van der Waals surface area (Å²) in [6, 6.07) is 20.3. The number of aromatic nitrogens is 3. The minimum atomic E-state index is 0.0897. The lowest BCUT2D eigenvalue weighted by atomic mass is 9.87. The minimum Gasteiger partial charge on any atom is -0.493 e. The van der Waals surface area contributed by atoms with E-state index in [1.807, 2.05) is 42.5 Å². The Morgan fingerprint density at radius 3 is 2.69 bits per heavy atom. The highest BCUT2D eigenvalue weighted by molar-refractivity contribution is 5.49. The fraction of sp³-hybridized carbons (Fsp3) is 0.269. The molecule has 2 unspecified atom stereocenters. The lowest BCUT2D eigenvalue weighted by Gasteiger charge is -2.26. The quantitative estimate of drug-likeness (QED) is 0.440. The van der Waals surface area contributed by atoms with Crippen LogP contribution in [0.15, 0.2) is 77.6 Å². The van der Waals surface area contributed by atoms with Gasteiger partial charge in [0.2, 0.25) is 5.89 Å². The van der Waals surface area contributed by atoms with Crippen LogP contribution in [0.4, 0.5) is 0 Å². The van der Waals surface area contributed by atoms with Crippen molar-refractivity contribution < 1.29 is 14.0 Å². The number of rotatable bonds is 6. The fourth-order valence-corrected chi connectivity index (χ4v) is 4.70. The number of benzene rings is 2. The molecule has 6 rings (SSSR count). The zero-order chi connectivity index (χ0) is 21.4. The molecule has 6 heteroatoms. The van der Waals surface area contributed by atoms with Crippen molar-refractivity contribution in [3.63, 3.8) is 0 Å². The minimum absolute atomic E-state index is 0.0897. The first-order valence-corrected chi connectivity index (χ1v) is 11.0. The summed E-state index contributed by atoms with van der Waals surface area (Å²) in [4.78, 5) is 8.76. The van der Waals surface area contributed by atoms with E-state index in [-0.39, 0.29) is 11.3 Å². The van der Waals surface area contributed by atoms with Crippen LogP contribution < -0.4 is 9.47 Å². The summed E-state index contributed by atoms with van der Waals surface area (Å²) in [6.07, 6.45) is 6.20. The van der Waals surface area contributed by atoms with Crippen LogP contribution in [0.25, 0.3) is 0 Å². The average molecular weight is 425 g/mol. The Kier molecular flexibility index (Phi) is 4.63. The first-order chi connectivity index (χ1) is 15.8. The van der Waals surface area contributed by atoms with E-state index in [9.17, 15) is 0 Å². The van der Waals surface area contributed by atoms with Crippen LogP contribution in [0.5, 0.6) is 11.5 Å². The van der Waals surface area contributed by atoms with Crippen LogP contribution in [0.3, 0.4) is 0 Å². The highest BCUT2D eigenvalue weighted by Gasteiger charge is 2.60. The molecule has 0 amide bonds. The molecule has 2 aliphatic rings. The van der Waals surface area contributed by atoms with E-state index in [1.54, 1.807) is 12.4 Å². The molecule has 6 nitrogen and oxygen atoms in total. The SMILES string of the molecule is c1ccc2c(c1)OCCC21CC1c1nc(Cc2ccc(OCc3ccncc3)cc2)no1. The molecule has 0 N–H and O–H groups in total. The first-order valence-electron chi connectivity index (χ1n) is 11.0. The molecule has 0 saturated heterocycles. The Hall–Kier alpha value is -3.67. The average Bonchev–Trinajstić information content (AvgIpc) is 3.36. The van der Waals surface area contributed by atoms with Crippen LogP contribution in [0.1, 0.15) is 47.2 Å². The highest BCUT2D eigenvalue weighted by atomic mass is 16.5. The summed E-state index contributed by atoms with van der Waals surface area (Å²) in [7, 11) is 0. The molecule has 0 bridgehead atoms. The second kappa shape index (κ2) is 7.79. The monoisotopic (exact) mass is 425 g/mol. The Labute approximate surface area is 186 Å². The van der Waals surface area contributed by atoms with Gasteiger partial charge in [-0.1, -0.05) is 35.5 Å². The van der Waals surface area contributed by atoms with E-state index < -0.39 is 0 Å². The van der Waals surface area contributed by atoms with E-state index in [2.05, 4.69) is 28.3 Å². The van der Waals surface area contributed by atoms with Gasteiger partial charge in [0, 0.05) is 35.7 Å². The van der Waals surface area contributed by atoms with Crippen LogP contribution in [-0.4, -0.2) is 21.7 Å². The molecule has 1 fully saturated rings. The van der Waals surface area contributed by atoms with Crippen LogP contribution in [0, 0.1) is 0 Å². The van der Waals surface area contributed by atoms with E-state index in [1.165, 1.54) is 5.56 Å². The van der Waals surface area contributed by atoms with Gasteiger partial charge < -0.3 is 14.0 Å². The standard InChI is InChI=1S/C26H23N3O3/c1-2-4-23-21(3-1)26(11-14-30-23)16-22(26)25-28-24(29-32-25)15-18-5-7-20(8-6-18)31-17-19-9-12-27-13-10-19/h1-10,12-13,22H,11,14-17H2. The summed E-state index contributed by atoms with van der Waals surface area (Å²) in [5, 5.41) is 4.25. The largest absolute Gasteiger partial charge is 0.493 e. The molecule has 2 aromatic carbocycles. The lowest BCUT2D eigenvalue weighted by molar-refractivity contribution is 0.254. The Bertz CT molecular complexity index is 1220. The summed E-state index contributed by atoms with van der Waals surface area (Å²) < 4.78 is 17.4. The predicted molar refractivity (Wildman–Crippen MR) is 118 cm³/mol. The molecule has 32 heavy (non-hydrogen) atoms. The topological polar surface area (TPSA) is 70.3 Å². The van der Waals surface area contributed by atoms with Crippen molar-refractivity contribution in [1.82, 2.24) is 15.1 Å². The summed E-state index contributed by atoms with van der Waals surface area (Å²) in [5.41, 5.74) is 3.58. The predicted octanol–water partition coefficient (Wildman–Crippen LogP) is 4.84. The lowest BCUT2D eigenvalue weighted by Crippen LogP contribution is -2.21. The maximum absolute atomic E-state index is 5.85. The van der Waals surface area contributed by atoms with Gasteiger partial charge in [-0.25, -0.2) is 0 Å². The molecule has 1 aliphatic heterocycles. The van der Waals surface area contributed by atoms with E-state index in [0.717, 1.165) is 48.0 Å². The zero-order valence-corrected chi connectivity index (χ0v) is 17.6. The Morgan fingerprint density at radius 2 is 1.81 bits per heavy atom. The molecule has 4 aromatic rings. The van der Waals surface area contributed by atoms with Crippen molar-refractivity contribution in [1.29, 1.82) is 0 Å². The number of fused-ring (bicyclic) bond motifs is 2. The molecular weight excluding hydrogens is 402 g/mol. The molecule has 3 heterocycles. The number of hydrogen-bond donors (Lipinski definition) is 0. The summed E-state index contributed by atoms with van der Waals surface area (Å²) in [6.45, 7) is 1.26. The van der Waals surface area contributed by atoms with Crippen molar-refractivity contribution in [3.8, 4) is 11.5 Å². The number of hydrogen-bond acceptors (Lipinski definition) is 6. The Balaban J connectivity index is 1.11. The van der Waals surface area contributed by atoms with Gasteiger partial charge in [0.15, 0.2) is 5.82 Å². The van der Waals surface area contributed by atoms with E-state index in [0.29, 0.717) is 18.9 Å². The number of nitrogens with zero attached hydrogens (tertiary/aromatic N) is 3. The van der Waals surface area contributed by atoms with Gasteiger partial charge in [0.05, 0.1) is 6.61 Å². The maximum atomic E-state index is 5.85. The molecule has 1 spiro atoms. The zero-order valence-electron chi connectivity index (χ0n) is 17.6. The molecule has 0 radical (unpaired) electrons. The van der Waals surface area contributed by atoms with Gasteiger partial charge in [-0.15, -0.1) is 0 Å². The van der Waals surface area contributed by atoms with Crippen molar-refractivity contribution in [2.24, 2.45) is 0 Å². The summed E-state index contributed by atoms with van der Waals surface area (Å²) in [5.74, 6) is 3.56. The first kappa shape index (κ1) is 19.0. The normalized spacial score (nSPS) is 21.1. The van der Waals surface area contributed by atoms with Gasteiger partial charge in [-0.05, 0) is 54.3 Å². The Morgan fingerprint density at radius 1 is 0.969 bits per heavy atom. The smallest absolute Gasteiger partial charge is 0.230 e. The number of ether oxygens (including phenoxy) is 2. The third kappa shape index (κ3) is 3.51. The van der Waals surface area contributed by atoms with Gasteiger partial charge >= 0.3 is 0 Å². The van der Waals surface area contributed by atoms with Crippen LogP contribution in [0.2, 0.25) is 0 Å². The van der Waals surface area contributed by atoms with E-state index in [4.69, 9.17) is 19.0 Å². The molecule has 2 atom stereocenters. The second-order valence-corrected chi connectivity index (χ2v) is 8.52. The van der Waals surface area contributed by atoms with Crippen molar-refractivity contribution in [2.45, 2.75) is 37.2 Å². The van der Waals surface area contributed by atoms with Crippen molar-refractivity contribution in [2.75, 3.05) is 6.61 Å². The number of para-hydroxylation sites is 1. The molecule has 160 valence electrons.